The van der Waals surface area contributed by atoms with Gasteiger partial charge in [0.25, 0.3) is 5.91 Å². The molecule has 0 aliphatic carbocycles. The number of carbonyl (C=O) groups is 1. The van der Waals surface area contributed by atoms with Gasteiger partial charge in [0.05, 0.1) is 35.9 Å². The van der Waals surface area contributed by atoms with Crippen LogP contribution in [0.5, 0.6) is 0 Å². The summed E-state index contributed by atoms with van der Waals surface area (Å²) in [6.45, 7) is 4.29. The van der Waals surface area contributed by atoms with Gasteiger partial charge in [-0.1, -0.05) is 48.5 Å². The van der Waals surface area contributed by atoms with Gasteiger partial charge < -0.3 is 9.64 Å². The molecule has 0 radical (unpaired) electrons. The van der Waals surface area contributed by atoms with Crippen LogP contribution in [-0.2, 0) is 4.74 Å². The molecule has 0 bridgehead atoms. The van der Waals surface area contributed by atoms with Crippen molar-refractivity contribution in [1.29, 1.82) is 0 Å². The van der Waals surface area contributed by atoms with E-state index in [0.29, 0.717) is 31.9 Å². The summed E-state index contributed by atoms with van der Waals surface area (Å²) in [5.74, 6) is 0.0202. The second-order valence-corrected chi connectivity index (χ2v) is 6.33. The Kier molecular flexibility index (Phi) is 4.54. The molecule has 1 fully saturated rings. The summed E-state index contributed by atoms with van der Waals surface area (Å²) in [5.41, 5.74) is 4.17. The van der Waals surface area contributed by atoms with E-state index in [4.69, 9.17) is 9.84 Å². The van der Waals surface area contributed by atoms with E-state index in [1.165, 1.54) is 0 Å². The minimum Gasteiger partial charge on any atom is -0.378 e. The van der Waals surface area contributed by atoms with Crippen molar-refractivity contribution in [2.24, 2.45) is 0 Å². The molecule has 0 N–H and O–H groups in total. The molecule has 132 valence electrons. The lowest BCUT2D eigenvalue weighted by Gasteiger charge is -2.27. The molecule has 0 unspecified atom stereocenters. The number of para-hydroxylation sites is 1. The fourth-order valence-corrected chi connectivity index (χ4v) is 3.33. The lowest BCUT2D eigenvalue weighted by Crippen LogP contribution is -2.41. The minimum absolute atomic E-state index is 0.0202. The van der Waals surface area contributed by atoms with Crippen molar-refractivity contribution in [3.05, 3.63) is 71.9 Å². The SMILES string of the molecule is Cc1nn(-c2ccccc2)c(-c2ccccc2)c1C(=O)N1CCOCC1. The molecular formula is C21H21N3O2. The molecule has 3 aromatic rings. The van der Waals surface area contributed by atoms with Crippen molar-refractivity contribution in [3.8, 4) is 16.9 Å². The van der Waals surface area contributed by atoms with Crippen LogP contribution in [0.4, 0.5) is 0 Å². The van der Waals surface area contributed by atoms with E-state index in [2.05, 4.69) is 0 Å². The van der Waals surface area contributed by atoms with Crippen molar-refractivity contribution in [3.63, 3.8) is 0 Å². The zero-order chi connectivity index (χ0) is 17.9. The standard InChI is InChI=1S/C21H21N3O2/c1-16-19(21(25)23-12-14-26-15-13-23)20(17-8-4-2-5-9-17)24(22-16)18-10-6-3-7-11-18/h2-11H,12-15H2,1H3. The van der Waals surface area contributed by atoms with Crippen LogP contribution >= 0.6 is 0 Å². The second kappa shape index (κ2) is 7.14. The maximum Gasteiger partial charge on any atom is 0.258 e. The first-order chi connectivity index (χ1) is 12.8. The average molecular weight is 347 g/mol. The topological polar surface area (TPSA) is 47.4 Å². The van der Waals surface area contributed by atoms with Crippen LogP contribution in [0, 0.1) is 6.92 Å². The van der Waals surface area contributed by atoms with E-state index in [1.54, 1.807) is 0 Å². The highest BCUT2D eigenvalue weighted by molar-refractivity contribution is 6.01. The molecule has 5 nitrogen and oxygen atoms in total. The summed E-state index contributed by atoms with van der Waals surface area (Å²) in [4.78, 5) is 15.1. The summed E-state index contributed by atoms with van der Waals surface area (Å²) in [6.07, 6.45) is 0. The molecule has 1 aliphatic heterocycles. The highest BCUT2D eigenvalue weighted by Gasteiger charge is 2.28. The molecule has 1 aliphatic rings. The molecule has 5 heteroatoms. The quantitative estimate of drug-likeness (QED) is 0.730. The largest absolute Gasteiger partial charge is 0.378 e. The van der Waals surface area contributed by atoms with Gasteiger partial charge in [-0.3, -0.25) is 4.79 Å². The van der Waals surface area contributed by atoms with Crippen LogP contribution in [-0.4, -0.2) is 46.9 Å². The number of carbonyl (C=O) groups excluding carboxylic acids is 1. The van der Waals surface area contributed by atoms with Gasteiger partial charge in [0.1, 0.15) is 0 Å². The molecule has 1 amide bonds. The second-order valence-electron chi connectivity index (χ2n) is 6.33. The fourth-order valence-electron chi connectivity index (χ4n) is 3.33. The summed E-state index contributed by atoms with van der Waals surface area (Å²) >= 11 is 0. The van der Waals surface area contributed by atoms with Gasteiger partial charge >= 0.3 is 0 Å². The van der Waals surface area contributed by atoms with Crippen molar-refractivity contribution in [1.82, 2.24) is 14.7 Å². The number of aromatic nitrogens is 2. The summed E-state index contributed by atoms with van der Waals surface area (Å²) in [5, 5.41) is 4.71. The van der Waals surface area contributed by atoms with Gasteiger partial charge in [0.15, 0.2) is 0 Å². The normalized spacial score (nSPS) is 14.4. The molecule has 2 heterocycles. The van der Waals surface area contributed by atoms with Gasteiger partial charge in [0.2, 0.25) is 0 Å². The summed E-state index contributed by atoms with van der Waals surface area (Å²) in [6, 6.07) is 19.9. The van der Waals surface area contributed by atoms with Crippen molar-refractivity contribution in [2.75, 3.05) is 26.3 Å². The Bertz CT molecular complexity index is 898. The van der Waals surface area contributed by atoms with Crippen LogP contribution < -0.4 is 0 Å². The number of nitrogens with zero attached hydrogens (tertiary/aromatic N) is 3. The first-order valence-corrected chi connectivity index (χ1v) is 8.83. The first kappa shape index (κ1) is 16.5. The zero-order valence-corrected chi connectivity index (χ0v) is 14.8. The average Bonchev–Trinajstić information content (AvgIpc) is 3.06. The van der Waals surface area contributed by atoms with E-state index >= 15 is 0 Å². The fraction of sp³-hybridized carbons (Fsp3) is 0.238. The van der Waals surface area contributed by atoms with Gasteiger partial charge in [-0.05, 0) is 19.1 Å². The molecule has 1 aromatic heterocycles. The lowest BCUT2D eigenvalue weighted by atomic mass is 10.0. The molecule has 0 spiro atoms. The van der Waals surface area contributed by atoms with E-state index in [-0.39, 0.29) is 5.91 Å². The van der Waals surface area contributed by atoms with Gasteiger partial charge in [-0.25, -0.2) is 4.68 Å². The summed E-state index contributed by atoms with van der Waals surface area (Å²) < 4.78 is 7.26. The Morgan fingerprint density at radius 2 is 1.58 bits per heavy atom. The van der Waals surface area contributed by atoms with Gasteiger partial charge in [-0.15, -0.1) is 0 Å². The maximum absolute atomic E-state index is 13.3. The van der Waals surface area contributed by atoms with Gasteiger partial charge in [-0.2, -0.15) is 5.10 Å². The molecule has 1 saturated heterocycles. The van der Waals surface area contributed by atoms with Crippen molar-refractivity contribution in [2.45, 2.75) is 6.92 Å². The van der Waals surface area contributed by atoms with Crippen LogP contribution in [0.2, 0.25) is 0 Å². The van der Waals surface area contributed by atoms with E-state index in [9.17, 15) is 4.79 Å². The highest BCUT2D eigenvalue weighted by atomic mass is 16.5. The smallest absolute Gasteiger partial charge is 0.258 e. The highest BCUT2D eigenvalue weighted by Crippen LogP contribution is 2.30. The summed E-state index contributed by atoms with van der Waals surface area (Å²) in [7, 11) is 0. The van der Waals surface area contributed by atoms with Crippen LogP contribution in [0.1, 0.15) is 16.1 Å². The predicted molar refractivity (Wildman–Crippen MR) is 100 cm³/mol. The predicted octanol–water partition coefficient (Wildman–Crippen LogP) is 3.32. The number of ether oxygens (including phenoxy) is 1. The Labute approximate surface area is 152 Å². The van der Waals surface area contributed by atoms with Crippen molar-refractivity contribution < 1.29 is 9.53 Å². The molecular weight excluding hydrogens is 326 g/mol. The molecule has 2 aromatic carbocycles. The third kappa shape index (κ3) is 3.02. The number of morpholine rings is 1. The van der Waals surface area contributed by atoms with Crippen LogP contribution in [0.15, 0.2) is 60.7 Å². The Morgan fingerprint density at radius 1 is 0.962 bits per heavy atom. The number of aryl methyl sites for hydroxylation is 1. The number of rotatable bonds is 3. The third-order valence-corrected chi connectivity index (χ3v) is 4.62. The first-order valence-electron chi connectivity index (χ1n) is 8.83. The number of benzene rings is 2. The maximum atomic E-state index is 13.3. The number of hydrogen-bond donors (Lipinski definition) is 0. The molecule has 0 saturated carbocycles. The number of amides is 1. The molecule has 4 rings (SSSR count). The Balaban J connectivity index is 1.88. The zero-order valence-electron chi connectivity index (χ0n) is 14.8. The van der Waals surface area contributed by atoms with E-state index < -0.39 is 0 Å². The number of hydrogen-bond acceptors (Lipinski definition) is 3. The van der Waals surface area contributed by atoms with Crippen LogP contribution in [0.3, 0.4) is 0 Å². The minimum atomic E-state index is 0.0202. The van der Waals surface area contributed by atoms with Gasteiger partial charge in [0, 0.05) is 18.7 Å². The lowest BCUT2D eigenvalue weighted by molar-refractivity contribution is 0.0303. The monoisotopic (exact) mass is 347 g/mol. The third-order valence-electron chi connectivity index (χ3n) is 4.62. The Morgan fingerprint density at radius 3 is 2.23 bits per heavy atom. The Hall–Kier alpha value is -2.92. The van der Waals surface area contributed by atoms with E-state index in [0.717, 1.165) is 22.6 Å². The molecule has 0 atom stereocenters. The van der Waals surface area contributed by atoms with Crippen molar-refractivity contribution >= 4 is 5.91 Å². The molecule has 26 heavy (non-hydrogen) atoms. The van der Waals surface area contributed by atoms with E-state index in [1.807, 2.05) is 77.2 Å². The van der Waals surface area contributed by atoms with Crippen LogP contribution in [0.25, 0.3) is 16.9 Å².